The third-order valence-corrected chi connectivity index (χ3v) is 8.05. The third-order valence-electron chi connectivity index (χ3n) is 6.96. The number of benzene rings is 3. The van der Waals surface area contributed by atoms with Crippen LogP contribution in [0, 0.1) is 0 Å². The second kappa shape index (κ2) is 12.0. The molecular formula is C31H30N4O3S. The van der Waals surface area contributed by atoms with Crippen molar-refractivity contribution in [3.63, 3.8) is 0 Å². The second-order valence-corrected chi connectivity index (χ2v) is 10.4. The van der Waals surface area contributed by atoms with E-state index >= 15 is 0 Å². The molecule has 1 aliphatic heterocycles. The highest BCUT2D eigenvalue weighted by Gasteiger charge is 2.33. The predicted octanol–water partition coefficient (Wildman–Crippen LogP) is 4.97. The van der Waals surface area contributed by atoms with E-state index in [0.29, 0.717) is 36.5 Å². The lowest BCUT2D eigenvalue weighted by atomic mass is 10.0. The van der Waals surface area contributed by atoms with Crippen LogP contribution in [0.25, 0.3) is 21.7 Å². The molecular weight excluding hydrogens is 508 g/mol. The molecule has 0 bridgehead atoms. The first-order valence-electron chi connectivity index (χ1n) is 13.0. The van der Waals surface area contributed by atoms with Crippen LogP contribution in [0.5, 0.6) is 0 Å². The Bertz CT molecular complexity index is 1380. The van der Waals surface area contributed by atoms with Gasteiger partial charge in [-0.15, -0.1) is 11.3 Å². The molecule has 198 valence electrons. The molecule has 0 radical (unpaired) electrons. The fraction of sp³-hybridized carbons (Fsp3) is 0.226. The van der Waals surface area contributed by atoms with Crippen molar-refractivity contribution in [1.29, 1.82) is 0 Å². The summed E-state index contributed by atoms with van der Waals surface area (Å²) in [4.78, 5) is 48.6. The van der Waals surface area contributed by atoms with Crippen molar-refractivity contribution >= 4 is 29.1 Å². The van der Waals surface area contributed by atoms with Gasteiger partial charge in [0.2, 0.25) is 5.91 Å². The van der Waals surface area contributed by atoms with Crippen LogP contribution < -0.4 is 5.32 Å². The monoisotopic (exact) mass is 538 g/mol. The van der Waals surface area contributed by atoms with E-state index in [2.05, 4.69) is 5.32 Å². The molecule has 1 aromatic heterocycles. The number of nitrogens with one attached hydrogen (secondary N) is 1. The third kappa shape index (κ3) is 5.91. The zero-order valence-corrected chi connectivity index (χ0v) is 22.6. The molecule has 0 saturated carbocycles. The van der Waals surface area contributed by atoms with Crippen molar-refractivity contribution in [3.05, 3.63) is 102 Å². The number of likely N-dealkylation sites (N-methyl/N-ethyl adjacent to an activating group) is 1. The zero-order valence-electron chi connectivity index (χ0n) is 21.7. The molecule has 1 N–H and O–H groups in total. The fourth-order valence-electron chi connectivity index (χ4n) is 4.86. The molecule has 3 aromatic carbocycles. The Balaban J connectivity index is 1.41. The van der Waals surface area contributed by atoms with Crippen LogP contribution in [0.3, 0.4) is 0 Å². The topological polar surface area (TPSA) is 82.6 Å². The first-order chi connectivity index (χ1) is 19.0. The number of carbonyl (C=O) groups is 3. The number of hydrogen-bond acceptors (Lipinski definition) is 5. The highest BCUT2D eigenvalue weighted by molar-refractivity contribution is 7.17. The maximum absolute atomic E-state index is 14.0. The molecule has 39 heavy (non-hydrogen) atoms. The summed E-state index contributed by atoms with van der Waals surface area (Å²) in [6.45, 7) is 0.962. The van der Waals surface area contributed by atoms with Gasteiger partial charge < -0.3 is 15.1 Å². The van der Waals surface area contributed by atoms with E-state index in [0.717, 1.165) is 21.7 Å². The van der Waals surface area contributed by atoms with Crippen LogP contribution in [0.15, 0.2) is 91.0 Å². The molecule has 7 nitrogen and oxygen atoms in total. The summed E-state index contributed by atoms with van der Waals surface area (Å²) >= 11 is 1.35. The van der Waals surface area contributed by atoms with E-state index in [1.54, 1.807) is 11.9 Å². The largest absolute Gasteiger partial charge is 0.358 e. The first kappa shape index (κ1) is 26.3. The normalized spacial score (nSPS) is 13.6. The standard InChI is InChI=1S/C31H30N4O3S/c1-32-26(36)21-35(25-17-19-34(20-18-25)30(37)24-15-9-4-10-16-24)31(38)29-33-27(22-11-5-2-6-12-22)28(39-29)23-13-7-3-8-14-23/h2-16,25H,17-21H2,1H3,(H,32,36). The molecule has 5 rings (SSSR count). The lowest BCUT2D eigenvalue weighted by molar-refractivity contribution is -0.121. The molecule has 1 aliphatic rings. The zero-order chi connectivity index (χ0) is 27.2. The van der Waals surface area contributed by atoms with Crippen LogP contribution in [-0.2, 0) is 4.79 Å². The average Bonchev–Trinajstić information content (AvgIpc) is 3.46. The molecule has 0 unspecified atom stereocenters. The Kier molecular flexibility index (Phi) is 8.13. The minimum atomic E-state index is -0.268. The van der Waals surface area contributed by atoms with Gasteiger partial charge in [0, 0.05) is 37.3 Å². The van der Waals surface area contributed by atoms with Crippen molar-refractivity contribution in [2.45, 2.75) is 18.9 Å². The minimum absolute atomic E-state index is 0.0156. The van der Waals surface area contributed by atoms with Gasteiger partial charge in [-0.1, -0.05) is 78.9 Å². The number of hydrogen-bond donors (Lipinski definition) is 1. The van der Waals surface area contributed by atoms with E-state index in [1.165, 1.54) is 11.3 Å². The van der Waals surface area contributed by atoms with Gasteiger partial charge in [-0.2, -0.15) is 0 Å². The quantitative estimate of drug-likeness (QED) is 0.360. The van der Waals surface area contributed by atoms with Crippen LogP contribution in [0.1, 0.15) is 33.0 Å². The van der Waals surface area contributed by atoms with Crippen molar-refractivity contribution in [1.82, 2.24) is 20.1 Å². The van der Waals surface area contributed by atoms with E-state index in [9.17, 15) is 14.4 Å². The molecule has 0 aliphatic carbocycles. The summed E-state index contributed by atoms with van der Waals surface area (Å²) < 4.78 is 0. The number of amides is 3. The highest BCUT2D eigenvalue weighted by Crippen LogP contribution is 2.37. The number of aromatic nitrogens is 1. The molecule has 0 atom stereocenters. The van der Waals surface area contributed by atoms with Gasteiger partial charge in [-0.05, 0) is 30.5 Å². The number of piperidine rings is 1. The van der Waals surface area contributed by atoms with Gasteiger partial charge in [-0.25, -0.2) is 4.98 Å². The number of carbonyl (C=O) groups excluding carboxylic acids is 3. The molecule has 4 aromatic rings. The molecule has 0 spiro atoms. The number of likely N-dealkylation sites (tertiary alicyclic amines) is 1. The van der Waals surface area contributed by atoms with Gasteiger partial charge in [0.1, 0.15) is 6.54 Å². The van der Waals surface area contributed by atoms with Gasteiger partial charge in [0.15, 0.2) is 5.01 Å². The van der Waals surface area contributed by atoms with Crippen LogP contribution in [0.2, 0.25) is 0 Å². The SMILES string of the molecule is CNC(=O)CN(C(=O)c1nc(-c2ccccc2)c(-c2ccccc2)s1)C1CCN(C(=O)c2ccccc2)CC1. The Morgan fingerprint density at radius 1 is 0.872 bits per heavy atom. The maximum atomic E-state index is 14.0. The van der Waals surface area contributed by atoms with E-state index in [-0.39, 0.29) is 30.3 Å². The number of rotatable bonds is 7. The van der Waals surface area contributed by atoms with E-state index in [1.807, 2.05) is 95.9 Å². The molecule has 2 heterocycles. The van der Waals surface area contributed by atoms with Crippen LogP contribution >= 0.6 is 11.3 Å². The van der Waals surface area contributed by atoms with Gasteiger partial charge in [-0.3, -0.25) is 14.4 Å². The Morgan fingerprint density at radius 2 is 1.44 bits per heavy atom. The van der Waals surface area contributed by atoms with E-state index in [4.69, 9.17) is 4.98 Å². The maximum Gasteiger partial charge on any atom is 0.283 e. The van der Waals surface area contributed by atoms with Crippen molar-refractivity contribution in [2.24, 2.45) is 0 Å². The Hall–Kier alpha value is -4.30. The average molecular weight is 539 g/mol. The lowest BCUT2D eigenvalue weighted by Gasteiger charge is -2.38. The van der Waals surface area contributed by atoms with Crippen LogP contribution in [-0.4, -0.2) is 65.2 Å². The fourth-order valence-corrected chi connectivity index (χ4v) is 5.90. The highest BCUT2D eigenvalue weighted by atomic mass is 32.1. The molecule has 3 amide bonds. The van der Waals surface area contributed by atoms with Crippen molar-refractivity contribution < 1.29 is 14.4 Å². The predicted molar refractivity (Wildman–Crippen MR) is 153 cm³/mol. The van der Waals surface area contributed by atoms with Crippen molar-refractivity contribution in [3.8, 4) is 21.7 Å². The first-order valence-corrected chi connectivity index (χ1v) is 13.8. The number of thiazole rings is 1. The Labute approximate surface area is 232 Å². The van der Waals surface area contributed by atoms with Gasteiger partial charge >= 0.3 is 0 Å². The summed E-state index contributed by atoms with van der Waals surface area (Å²) in [6.07, 6.45) is 1.17. The summed E-state index contributed by atoms with van der Waals surface area (Å²) in [5.74, 6) is -0.525. The van der Waals surface area contributed by atoms with Crippen LogP contribution in [0.4, 0.5) is 0 Å². The number of nitrogens with zero attached hydrogens (tertiary/aromatic N) is 3. The summed E-state index contributed by atoms with van der Waals surface area (Å²) in [6, 6.07) is 28.8. The lowest BCUT2D eigenvalue weighted by Crippen LogP contribution is -2.51. The molecule has 1 saturated heterocycles. The minimum Gasteiger partial charge on any atom is -0.358 e. The Morgan fingerprint density at radius 3 is 2.03 bits per heavy atom. The molecule has 1 fully saturated rings. The second-order valence-electron chi connectivity index (χ2n) is 9.42. The summed E-state index contributed by atoms with van der Waals surface area (Å²) in [5, 5.41) is 2.99. The molecule has 8 heteroatoms. The van der Waals surface area contributed by atoms with Gasteiger partial charge in [0.05, 0.1) is 10.6 Å². The van der Waals surface area contributed by atoms with E-state index < -0.39 is 0 Å². The summed E-state index contributed by atoms with van der Waals surface area (Å²) in [5.41, 5.74) is 3.31. The van der Waals surface area contributed by atoms with Crippen molar-refractivity contribution in [2.75, 3.05) is 26.7 Å². The smallest absolute Gasteiger partial charge is 0.283 e. The van der Waals surface area contributed by atoms with Gasteiger partial charge in [0.25, 0.3) is 11.8 Å². The summed E-state index contributed by atoms with van der Waals surface area (Å²) in [7, 11) is 1.57.